The molecule has 4 nitrogen and oxygen atoms in total. The summed E-state index contributed by atoms with van der Waals surface area (Å²) in [5.74, 6) is 0. The summed E-state index contributed by atoms with van der Waals surface area (Å²) in [5.41, 5.74) is 1.91. The predicted molar refractivity (Wildman–Crippen MR) is 89.0 cm³/mol. The summed E-state index contributed by atoms with van der Waals surface area (Å²) in [6.45, 7) is 10.3. The predicted octanol–water partition coefficient (Wildman–Crippen LogP) is 3.67. The number of hydrogen-bond acceptors (Lipinski definition) is 2. The molecule has 0 aliphatic heterocycles. The van der Waals surface area contributed by atoms with Crippen molar-refractivity contribution in [1.29, 1.82) is 0 Å². The van der Waals surface area contributed by atoms with Crippen LogP contribution in [0.2, 0.25) is 0 Å². The summed E-state index contributed by atoms with van der Waals surface area (Å²) in [4.78, 5) is 4.34. The maximum absolute atomic E-state index is 11.9. The number of aromatic nitrogens is 2. The first kappa shape index (κ1) is 17.3. The second-order valence-electron chi connectivity index (χ2n) is 5.03. The summed E-state index contributed by atoms with van der Waals surface area (Å²) in [5, 5.41) is 0. The smallest absolute Gasteiger partial charge is 0.0996 e. The minimum atomic E-state index is -1.08. The highest BCUT2D eigenvalue weighted by Gasteiger charge is 2.19. The van der Waals surface area contributed by atoms with Gasteiger partial charge in [-0.25, -0.2) is 13.9 Å². The Morgan fingerprint density at radius 2 is 2.05 bits per heavy atom. The quantitative estimate of drug-likeness (QED) is 0.908. The van der Waals surface area contributed by atoms with E-state index in [1.165, 1.54) is 0 Å². The van der Waals surface area contributed by atoms with E-state index in [1.807, 2.05) is 57.3 Å². The second kappa shape index (κ2) is 7.33. The molecule has 0 aromatic carbocycles. The summed E-state index contributed by atoms with van der Waals surface area (Å²) < 4.78 is 17.6. The molecular weight excluding hydrogens is 338 g/mol. The van der Waals surface area contributed by atoms with Crippen molar-refractivity contribution in [3.63, 3.8) is 0 Å². The Balaban J connectivity index is 0.000000956. The van der Waals surface area contributed by atoms with Crippen molar-refractivity contribution in [2.24, 2.45) is 0 Å². The van der Waals surface area contributed by atoms with E-state index in [0.717, 1.165) is 15.7 Å². The SMILES string of the molecule is CC.CC(C)(C)S(=O)NCc1ncn2ccc(Br)cc12. The average Bonchev–Trinajstić information content (AvgIpc) is 2.79. The Morgan fingerprint density at radius 1 is 1.40 bits per heavy atom. The van der Waals surface area contributed by atoms with Crippen molar-refractivity contribution in [3.05, 3.63) is 34.8 Å². The van der Waals surface area contributed by atoms with Crippen LogP contribution in [0.5, 0.6) is 0 Å². The molecule has 2 heterocycles. The molecule has 112 valence electrons. The number of fused-ring (bicyclic) bond motifs is 1. The first-order valence-corrected chi connectivity index (χ1v) is 8.59. The third-order valence-electron chi connectivity index (χ3n) is 2.51. The molecule has 0 saturated heterocycles. The number of pyridine rings is 1. The van der Waals surface area contributed by atoms with Crippen LogP contribution in [0.3, 0.4) is 0 Å². The molecule has 1 N–H and O–H groups in total. The monoisotopic (exact) mass is 359 g/mol. The Kier molecular flexibility index (Phi) is 6.36. The zero-order valence-electron chi connectivity index (χ0n) is 12.6. The molecule has 2 aromatic rings. The van der Waals surface area contributed by atoms with Gasteiger partial charge in [0.25, 0.3) is 0 Å². The van der Waals surface area contributed by atoms with Gasteiger partial charge in [0.1, 0.15) is 0 Å². The minimum Gasteiger partial charge on any atom is -0.306 e. The average molecular weight is 360 g/mol. The zero-order chi connectivity index (χ0) is 15.3. The summed E-state index contributed by atoms with van der Waals surface area (Å²) in [7, 11) is -1.08. The molecule has 20 heavy (non-hydrogen) atoms. The molecule has 0 bridgehead atoms. The fraction of sp³-hybridized carbons (Fsp3) is 0.500. The molecule has 2 aromatic heterocycles. The van der Waals surface area contributed by atoms with E-state index < -0.39 is 11.0 Å². The highest BCUT2D eigenvalue weighted by Crippen LogP contribution is 2.17. The van der Waals surface area contributed by atoms with Crippen molar-refractivity contribution in [2.75, 3.05) is 0 Å². The minimum absolute atomic E-state index is 0.268. The lowest BCUT2D eigenvalue weighted by atomic mass is 10.3. The third kappa shape index (κ3) is 4.40. The molecule has 0 amide bonds. The van der Waals surface area contributed by atoms with Crippen molar-refractivity contribution < 1.29 is 4.21 Å². The van der Waals surface area contributed by atoms with Crippen LogP contribution in [0, 0.1) is 0 Å². The second-order valence-corrected chi connectivity index (χ2v) is 8.00. The van der Waals surface area contributed by atoms with Crippen LogP contribution in [0.1, 0.15) is 40.3 Å². The van der Waals surface area contributed by atoms with Gasteiger partial charge in [0, 0.05) is 10.7 Å². The number of nitrogens with one attached hydrogen (secondary N) is 1. The van der Waals surface area contributed by atoms with E-state index in [9.17, 15) is 4.21 Å². The van der Waals surface area contributed by atoms with Gasteiger partial charge in [-0.1, -0.05) is 29.8 Å². The third-order valence-corrected chi connectivity index (χ3v) is 4.52. The van der Waals surface area contributed by atoms with Crippen LogP contribution in [0.4, 0.5) is 0 Å². The summed E-state index contributed by atoms with van der Waals surface area (Å²) in [6, 6.07) is 3.96. The molecule has 0 spiro atoms. The van der Waals surface area contributed by atoms with Gasteiger partial charge < -0.3 is 4.40 Å². The fourth-order valence-corrected chi connectivity index (χ4v) is 2.54. The standard InChI is InChI=1S/C12H16BrN3OS.C2H6/c1-12(2,3)18(17)15-7-10-11-6-9(13)4-5-16(11)8-14-10;1-2/h4-6,8,15H,7H2,1-3H3;1-2H3. The Labute approximate surface area is 131 Å². The van der Waals surface area contributed by atoms with Crippen molar-refractivity contribution in [1.82, 2.24) is 14.1 Å². The maximum Gasteiger partial charge on any atom is 0.0996 e. The van der Waals surface area contributed by atoms with Gasteiger partial charge in [-0.2, -0.15) is 0 Å². The zero-order valence-corrected chi connectivity index (χ0v) is 15.0. The first-order valence-electron chi connectivity index (χ1n) is 6.64. The first-order chi connectivity index (χ1) is 9.38. The molecule has 0 radical (unpaired) electrons. The van der Waals surface area contributed by atoms with Gasteiger partial charge in [0.15, 0.2) is 0 Å². The lowest BCUT2D eigenvalue weighted by Crippen LogP contribution is -2.33. The maximum atomic E-state index is 11.9. The van der Waals surface area contributed by atoms with E-state index in [1.54, 1.807) is 6.33 Å². The van der Waals surface area contributed by atoms with E-state index >= 15 is 0 Å². The van der Waals surface area contributed by atoms with Crippen LogP contribution in [-0.4, -0.2) is 18.3 Å². The molecule has 1 atom stereocenters. The van der Waals surface area contributed by atoms with Gasteiger partial charge in [-0.15, -0.1) is 0 Å². The van der Waals surface area contributed by atoms with Crippen molar-refractivity contribution in [3.8, 4) is 0 Å². The van der Waals surface area contributed by atoms with Crippen LogP contribution >= 0.6 is 15.9 Å². The van der Waals surface area contributed by atoms with Crippen LogP contribution < -0.4 is 4.72 Å². The largest absolute Gasteiger partial charge is 0.306 e. The van der Waals surface area contributed by atoms with Crippen LogP contribution in [0.15, 0.2) is 29.1 Å². The van der Waals surface area contributed by atoms with Gasteiger partial charge in [-0.3, -0.25) is 0 Å². The Morgan fingerprint density at radius 3 is 2.65 bits per heavy atom. The van der Waals surface area contributed by atoms with Crippen LogP contribution in [-0.2, 0) is 17.5 Å². The molecule has 2 rings (SSSR count). The normalized spacial score (nSPS) is 12.9. The van der Waals surface area contributed by atoms with Gasteiger partial charge in [0.05, 0.1) is 39.8 Å². The molecule has 0 aliphatic rings. The molecule has 0 saturated carbocycles. The number of halogens is 1. The Hall–Kier alpha value is -0.720. The molecular formula is C14H22BrN3OS. The van der Waals surface area contributed by atoms with E-state index in [0.29, 0.717) is 6.54 Å². The van der Waals surface area contributed by atoms with E-state index in [-0.39, 0.29) is 4.75 Å². The van der Waals surface area contributed by atoms with Gasteiger partial charge in [-0.05, 0) is 32.9 Å². The van der Waals surface area contributed by atoms with E-state index in [4.69, 9.17) is 0 Å². The van der Waals surface area contributed by atoms with Crippen LogP contribution in [0.25, 0.3) is 5.52 Å². The fourth-order valence-electron chi connectivity index (χ4n) is 1.50. The summed E-state index contributed by atoms with van der Waals surface area (Å²) >= 11 is 3.44. The summed E-state index contributed by atoms with van der Waals surface area (Å²) in [6.07, 6.45) is 3.70. The van der Waals surface area contributed by atoms with E-state index in [2.05, 4.69) is 25.6 Å². The Bertz CT molecular complexity index is 590. The lowest BCUT2D eigenvalue weighted by molar-refractivity contribution is 0.634. The molecule has 0 aliphatic carbocycles. The van der Waals surface area contributed by atoms with Gasteiger partial charge in [0.2, 0.25) is 0 Å². The molecule has 1 unspecified atom stereocenters. The number of imidazole rings is 1. The number of hydrogen-bond donors (Lipinski definition) is 1. The molecule has 6 heteroatoms. The van der Waals surface area contributed by atoms with Crippen molar-refractivity contribution in [2.45, 2.75) is 45.9 Å². The molecule has 0 fully saturated rings. The highest BCUT2D eigenvalue weighted by atomic mass is 79.9. The number of rotatable bonds is 3. The van der Waals surface area contributed by atoms with Gasteiger partial charge >= 0.3 is 0 Å². The topological polar surface area (TPSA) is 46.4 Å². The van der Waals surface area contributed by atoms with Crippen molar-refractivity contribution >= 4 is 32.4 Å². The number of nitrogens with zero attached hydrogens (tertiary/aromatic N) is 2. The highest BCUT2D eigenvalue weighted by molar-refractivity contribution is 9.10. The lowest BCUT2D eigenvalue weighted by Gasteiger charge is -2.17.